The quantitative estimate of drug-likeness (QED) is 0.468. The molecule has 8 heteroatoms. The number of ether oxygens (including phenoxy) is 1. The van der Waals surface area contributed by atoms with Gasteiger partial charge in [-0.1, -0.05) is 34.8 Å². The van der Waals surface area contributed by atoms with Crippen LogP contribution in [0.4, 0.5) is 11.4 Å². The van der Waals surface area contributed by atoms with Crippen molar-refractivity contribution in [2.45, 2.75) is 39.5 Å². The summed E-state index contributed by atoms with van der Waals surface area (Å²) in [4.78, 5) is 51.6. The molecule has 0 bridgehead atoms. The molecular weight excluding hydrogens is 488 g/mol. The molecule has 3 amide bonds. The number of hydrogen-bond donors (Lipinski definition) is 1. The SMILES string of the molecule is Cc1cc(NC(=O)COC(=O)c2cccc(N3C(=O)[C@H]4CCCC[C@H]4C3=O)c2)cc(C)c1Br. The first-order chi connectivity index (χ1) is 15.8. The zero-order valence-corrected chi connectivity index (χ0v) is 20.1. The molecule has 2 atom stereocenters. The van der Waals surface area contributed by atoms with Crippen LogP contribution in [0.25, 0.3) is 0 Å². The van der Waals surface area contributed by atoms with Gasteiger partial charge in [-0.2, -0.15) is 0 Å². The highest BCUT2D eigenvalue weighted by molar-refractivity contribution is 9.10. The number of benzene rings is 2. The molecule has 2 aromatic rings. The molecule has 4 rings (SSSR count). The van der Waals surface area contributed by atoms with Crippen molar-refractivity contribution in [2.24, 2.45) is 11.8 Å². The van der Waals surface area contributed by atoms with E-state index in [-0.39, 0.29) is 29.2 Å². The number of carbonyl (C=O) groups excluding carboxylic acids is 4. The molecule has 2 aliphatic rings. The Bertz CT molecular complexity index is 1100. The van der Waals surface area contributed by atoms with Crippen LogP contribution in [-0.4, -0.2) is 30.3 Å². The standard InChI is InChI=1S/C25H25BrN2O5/c1-14-10-17(11-15(2)22(14)26)27-21(29)13-33-25(32)16-6-5-7-18(12-16)28-23(30)19-8-3-4-9-20(19)24(28)31/h5-7,10-12,19-20H,3-4,8-9,13H2,1-2H3,(H,27,29)/t19-,20+. The number of rotatable bonds is 5. The van der Waals surface area contributed by atoms with Gasteiger partial charge in [0.2, 0.25) is 11.8 Å². The van der Waals surface area contributed by atoms with Crippen LogP contribution < -0.4 is 10.2 Å². The zero-order valence-electron chi connectivity index (χ0n) is 18.5. The van der Waals surface area contributed by atoms with Crippen LogP contribution in [0, 0.1) is 25.7 Å². The number of aryl methyl sites for hydroxylation is 2. The van der Waals surface area contributed by atoms with Gasteiger partial charge in [0.05, 0.1) is 23.1 Å². The van der Waals surface area contributed by atoms with Crippen molar-refractivity contribution in [1.29, 1.82) is 0 Å². The first kappa shape index (κ1) is 23.2. The summed E-state index contributed by atoms with van der Waals surface area (Å²) in [6.07, 6.45) is 3.34. The normalized spacial score (nSPS) is 19.9. The minimum atomic E-state index is -0.702. The first-order valence-corrected chi connectivity index (χ1v) is 11.8. The third-order valence-electron chi connectivity index (χ3n) is 6.24. The molecule has 1 heterocycles. The maximum absolute atomic E-state index is 12.8. The van der Waals surface area contributed by atoms with Gasteiger partial charge < -0.3 is 10.1 Å². The Balaban J connectivity index is 1.40. The van der Waals surface area contributed by atoms with Crippen LogP contribution in [0.5, 0.6) is 0 Å². The van der Waals surface area contributed by atoms with Crippen molar-refractivity contribution >= 4 is 51.0 Å². The van der Waals surface area contributed by atoms with E-state index in [0.29, 0.717) is 11.4 Å². The van der Waals surface area contributed by atoms with Gasteiger partial charge in [0.25, 0.3) is 5.91 Å². The minimum absolute atomic E-state index is 0.172. The molecular formula is C25H25BrN2O5. The number of fused-ring (bicyclic) bond motifs is 1. The number of hydrogen-bond acceptors (Lipinski definition) is 5. The number of imide groups is 1. The number of nitrogens with one attached hydrogen (secondary N) is 1. The summed E-state index contributed by atoms with van der Waals surface area (Å²) < 4.78 is 6.14. The molecule has 0 spiro atoms. The zero-order chi connectivity index (χ0) is 23.7. The molecule has 1 N–H and O–H groups in total. The van der Waals surface area contributed by atoms with E-state index in [4.69, 9.17) is 4.74 Å². The van der Waals surface area contributed by atoms with E-state index in [1.807, 2.05) is 26.0 Å². The Morgan fingerprint density at radius 2 is 1.64 bits per heavy atom. The highest BCUT2D eigenvalue weighted by Gasteiger charge is 2.48. The third-order valence-corrected chi connectivity index (χ3v) is 7.49. The summed E-state index contributed by atoms with van der Waals surface area (Å²) in [5.41, 5.74) is 3.10. The lowest BCUT2D eigenvalue weighted by molar-refractivity contribution is -0.122. The van der Waals surface area contributed by atoms with Crippen molar-refractivity contribution in [2.75, 3.05) is 16.8 Å². The first-order valence-electron chi connectivity index (χ1n) is 11.0. The van der Waals surface area contributed by atoms with Crippen LogP contribution in [0.1, 0.15) is 47.2 Å². The molecule has 2 fully saturated rings. The fraction of sp³-hybridized carbons (Fsp3) is 0.360. The van der Waals surface area contributed by atoms with Crippen molar-refractivity contribution in [3.8, 4) is 0 Å². The second-order valence-electron chi connectivity index (χ2n) is 8.61. The Kier molecular flexibility index (Phi) is 6.65. The second kappa shape index (κ2) is 9.47. The second-order valence-corrected chi connectivity index (χ2v) is 9.40. The van der Waals surface area contributed by atoms with E-state index < -0.39 is 18.5 Å². The van der Waals surface area contributed by atoms with Crippen LogP contribution in [0.2, 0.25) is 0 Å². The van der Waals surface area contributed by atoms with Crippen LogP contribution in [-0.2, 0) is 19.1 Å². The largest absolute Gasteiger partial charge is 0.452 e. The summed E-state index contributed by atoms with van der Waals surface area (Å²) in [7, 11) is 0. The van der Waals surface area contributed by atoms with Crippen molar-refractivity contribution in [1.82, 2.24) is 0 Å². The summed E-state index contributed by atoms with van der Waals surface area (Å²) in [5, 5.41) is 2.72. The Labute approximate surface area is 200 Å². The predicted molar refractivity (Wildman–Crippen MR) is 127 cm³/mol. The van der Waals surface area contributed by atoms with Gasteiger partial charge in [-0.25, -0.2) is 4.79 Å². The number of halogens is 1. The van der Waals surface area contributed by atoms with E-state index in [2.05, 4.69) is 21.2 Å². The number of carbonyl (C=O) groups is 4. The summed E-state index contributed by atoms with van der Waals surface area (Å²) in [6, 6.07) is 9.87. The maximum atomic E-state index is 12.8. The highest BCUT2D eigenvalue weighted by Crippen LogP contribution is 2.40. The van der Waals surface area contributed by atoms with Gasteiger partial charge in [-0.05, 0) is 68.1 Å². The Morgan fingerprint density at radius 1 is 1.03 bits per heavy atom. The van der Waals surface area contributed by atoms with Gasteiger partial charge in [-0.15, -0.1) is 0 Å². The van der Waals surface area contributed by atoms with E-state index in [0.717, 1.165) is 41.3 Å². The molecule has 1 saturated heterocycles. The topological polar surface area (TPSA) is 92.8 Å². The predicted octanol–water partition coefficient (Wildman–Crippen LogP) is 4.54. The summed E-state index contributed by atoms with van der Waals surface area (Å²) >= 11 is 3.48. The maximum Gasteiger partial charge on any atom is 0.338 e. The van der Waals surface area contributed by atoms with E-state index >= 15 is 0 Å². The van der Waals surface area contributed by atoms with Gasteiger partial charge in [0, 0.05) is 10.2 Å². The van der Waals surface area contributed by atoms with Gasteiger partial charge in [-0.3, -0.25) is 19.3 Å². The summed E-state index contributed by atoms with van der Waals surface area (Å²) in [6.45, 7) is 3.39. The number of amides is 3. The van der Waals surface area contributed by atoms with E-state index in [9.17, 15) is 19.2 Å². The van der Waals surface area contributed by atoms with Crippen LogP contribution >= 0.6 is 15.9 Å². The monoisotopic (exact) mass is 512 g/mol. The molecule has 7 nitrogen and oxygen atoms in total. The number of esters is 1. The van der Waals surface area contributed by atoms with Crippen molar-refractivity contribution in [3.05, 3.63) is 57.6 Å². The van der Waals surface area contributed by atoms with E-state index in [1.54, 1.807) is 12.1 Å². The van der Waals surface area contributed by atoms with Crippen LogP contribution in [0.15, 0.2) is 40.9 Å². The number of anilines is 2. The fourth-order valence-corrected chi connectivity index (χ4v) is 4.85. The molecule has 172 valence electrons. The Hall–Kier alpha value is -3.00. The lowest BCUT2D eigenvalue weighted by Gasteiger charge is -2.19. The average Bonchev–Trinajstić information content (AvgIpc) is 3.06. The lowest BCUT2D eigenvalue weighted by atomic mass is 9.81. The van der Waals surface area contributed by atoms with Gasteiger partial charge in [0.1, 0.15) is 0 Å². The molecule has 1 aliphatic carbocycles. The molecule has 0 unspecified atom stereocenters. The van der Waals surface area contributed by atoms with E-state index in [1.165, 1.54) is 17.0 Å². The van der Waals surface area contributed by atoms with Gasteiger partial charge >= 0.3 is 5.97 Å². The van der Waals surface area contributed by atoms with Gasteiger partial charge in [0.15, 0.2) is 6.61 Å². The molecule has 2 aromatic carbocycles. The summed E-state index contributed by atoms with van der Waals surface area (Å²) in [5.74, 6) is -2.10. The average molecular weight is 513 g/mol. The molecule has 1 saturated carbocycles. The highest BCUT2D eigenvalue weighted by atomic mass is 79.9. The number of nitrogens with zero attached hydrogens (tertiary/aromatic N) is 1. The fourth-order valence-electron chi connectivity index (χ4n) is 4.62. The molecule has 0 radical (unpaired) electrons. The molecule has 0 aromatic heterocycles. The Morgan fingerprint density at radius 3 is 2.24 bits per heavy atom. The van der Waals surface area contributed by atoms with Crippen molar-refractivity contribution < 1.29 is 23.9 Å². The lowest BCUT2D eigenvalue weighted by Crippen LogP contribution is -2.31. The third kappa shape index (κ3) is 4.71. The minimum Gasteiger partial charge on any atom is -0.452 e. The molecule has 33 heavy (non-hydrogen) atoms. The molecule has 1 aliphatic heterocycles. The van der Waals surface area contributed by atoms with Crippen LogP contribution in [0.3, 0.4) is 0 Å². The van der Waals surface area contributed by atoms with Crippen molar-refractivity contribution in [3.63, 3.8) is 0 Å². The smallest absolute Gasteiger partial charge is 0.338 e.